The van der Waals surface area contributed by atoms with Gasteiger partial charge in [-0.25, -0.2) is 4.98 Å². The first kappa shape index (κ1) is 15.7. The number of aliphatic hydroxyl groups is 1. The van der Waals surface area contributed by atoms with Gasteiger partial charge in [-0.2, -0.15) is 4.98 Å². The quantitative estimate of drug-likeness (QED) is 0.552. The van der Waals surface area contributed by atoms with Crippen LogP contribution in [0.25, 0.3) is 11.4 Å². The molecule has 2 aromatic heterocycles. The highest BCUT2D eigenvalue weighted by Gasteiger charge is 2.08. The van der Waals surface area contributed by atoms with Crippen molar-refractivity contribution >= 4 is 17.5 Å². The van der Waals surface area contributed by atoms with Crippen molar-refractivity contribution in [1.29, 1.82) is 0 Å². The predicted molar refractivity (Wildman–Crippen MR) is 92.2 cm³/mol. The molecule has 0 spiro atoms. The number of pyridine rings is 1. The van der Waals surface area contributed by atoms with Crippen molar-refractivity contribution in [1.82, 2.24) is 15.0 Å². The molecule has 0 bridgehead atoms. The Kier molecular flexibility index (Phi) is 4.83. The van der Waals surface area contributed by atoms with Gasteiger partial charge in [0, 0.05) is 30.6 Å². The molecule has 0 aliphatic carbocycles. The number of nitrogens with one attached hydrogen (secondary N) is 2. The van der Waals surface area contributed by atoms with E-state index < -0.39 is 0 Å². The van der Waals surface area contributed by atoms with Gasteiger partial charge in [-0.1, -0.05) is 12.1 Å². The highest BCUT2D eigenvalue weighted by Crippen LogP contribution is 2.23. The van der Waals surface area contributed by atoms with Crippen LogP contribution in [0.3, 0.4) is 0 Å². The van der Waals surface area contributed by atoms with Crippen molar-refractivity contribution < 1.29 is 10.2 Å². The van der Waals surface area contributed by atoms with Crippen LogP contribution in [-0.4, -0.2) is 38.3 Å². The smallest absolute Gasteiger partial charge is 0.225 e. The van der Waals surface area contributed by atoms with E-state index >= 15 is 0 Å². The third-order valence-corrected chi connectivity index (χ3v) is 3.17. The minimum absolute atomic E-state index is 0.0213. The van der Waals surface area contributed by atoms with Crippen molar-refractivity contribution in [3.05, 3.63) is 54.7 Å². The number of aromatic hydroxyl groups is 1. The van der Waals surface area contributed by atoms with Crippen molar-refractivity contribution in [2.45, 2.75) is 0 Å². The fraction of sp³-hybridized carbons (Fsp3) is 0.118. The Labute approximate surface area is 139 Å². The molecule has 3 rings (SSSR count). The fourth-order valence-corrected chi connectivity index (χ4v) is 2.14. The molecule has 3 aromatic rings. The van der Waals surface area contributed by atoms with Crippen molar-refractivity contribution in [3.63, 3.8) is 0 Å². The Bertz CT molecular complexity index is 811. The van der Waals surface area contributed by atoms with Crippen LogP contribution in [-0.2, 0) is 0 Å². The van der Waals surface area contributed by atoms with Gasteiger partial charge < -0.3 is 20.8 Å². The second-order valence-electron chi connectivity index (χ2n) is 5.00. The highest BCUT2D eigenvalue weighted by molar-refractivity contribution is 5.65. The normalized spacial score (nSPS) is 10.4. The summed E-state index contributed by atoms with van der Waals surface area (Å²) in [5.41, 5.74) is 2.06. The first-order valence-corrected chi connectivity index (χ1v) is 7.46. The van der Waals surface area contributed by atoms with E-state index in [0.29, 0.717) is 35.4 Å². The molecular formula is C17H17N5O2. The predicted octanol–water partition coefficient (Wildman–Crippen LogP) is 2.39. The lowest BCUT2D eigenvalue weighted by Crippen LogP contribution is -2.10. The molecule has 0 atom stereocenters. The average molecular weight is 323 g/mol. The molecule has 0 amide bonds. The summed E-state index contributed by atoms with van der Waals surface area (Å²) in [4.78, 5) is 13.1. The van der Waals surface area contributed by atoms with Gasteiger partial charge in [-0.15, -0.1) is 0 Å². The number of nitrogens with zero attached hydrogens (tertiary/aromatic N) is 3. The summed E-state index contributed by atoms with van der Waals surface area (Å²) in [6.07, 6.45) is 1.70. The third-order valence-electron chi connectivity index (χ3n) is 3.17. The van der Waals surface area contributed by atoms with Crippen LogP contribution < -0.4 is 10.6 Å². The standard InChI is InChI=1S/C17H17N5O2/c23-9-8-19-17-21-15(14-6-1-2-7-18-14)11-16(22-17)20-12-4-3-5-13(24)10-12/h1-7,10-11,23-24H,8-9H2,(H2,19,20,21,22). The number of hydrogen-bond acceptors (Lipinski definition) is 7. The molecule has 2 heterocycles. The van der Waals surface area contributed by atoms with E-state index in [1.165, 1.54) is 0 Å². The number of benzene rings is 1. The monoisotopic (exact) mass is 323 g/mol. The number of anilines is 3. The van der Waals surface area contributed by atoms with E-state index in [-0.39, 0.29) is 12.4 Å². The molecule has 7 nitrogen and oxygen atoms in total. The van der Waals surface area contributed by atoms with Crippen LogP contribution in [0.15, 0.2) is 54.7 Å². The lowest BCUT2D eigenvalue weighted by atomic mass is 10.2. The molecule has 7 heteroatoms. The Hall–Kier alpha value is -3.19. The molecule has 4 N–H and O–H groups in total. The number of rotatable bonds is 6. The molecule has 122 valence electrons. The summed E-state index contributed by atoms with van der Waals surface area (Å²) >= 11 is 0. The van der Waals surface area contributed by atoms with E-state index in [1.807, 2.05) is 24.3 Å². The molecule has 1 aromatic carbocycles. The largest absolute Gasteiger partial charge is 0.508 e. The van der Waals surface area contributed by atoms with Gasteiger partial charge in [0.25, 0.3) is 0 Å². The van der Waals surface area contributed by atoms with Crippen molar-refractivity contribution in [3.8, 4) is 17.1 Å². The van der Waals surface area contributed by atoms with Crippen molar-refractivity contribution in [2.24, 2.45) is 0 Å². The molecular weight excluding hydrogens is 306 g/mol. The lowest BCUT2D eigenvalue weighted by molar-refractivity contribution is 0.311. The summed E-state index contributed by atoms with van der Waals surface area (Å²) in [5, 5.41) is 24.6. The van der Waals surface area contributed by atoms with Gasteiger partial charge in [0.15, 0.2) is 0 Å². The first-order valence-electron chi connectivity index (χ1n) is 7.46. The SMILES string of the molecule is OCCNc1nc(Nc2cccc(O)c2)cc(-c2ccccn2)n1. The topological polar surface area (TPSA) is 103 Å². The van der Waals surface area contributed by atoms with Gasteiger partial charge in [0.1, 0.15) is 11.6 Å². The van der Waals surface area contributed by atoms with E-state index in [4.69, 9.17) is 5.11 Å². The Morgan fingerprint density at radius 1 is 0.958 bits per heavy atom. The molecule has 0 fully saturated rings. The van der Waals surface area contributed by atoms with Crippen LogP contribution in [0.4, 0.5) is 17.5 Å². The highest BCUT2D eigenvalue weighted by atomic mass is 16.3. The number of phenols is 1. The average Bonchev–Trinajstić information content (AvgIpc) is 2.60. The second kappa shape index (κ2) is 7.38. The Balaban J connectivity index is 1.95. The zero-order valence-electron chi connectivity index (χ0n) is 12.8. The van der Waals surface area contributed by atoms with Gasteiger partial charge in [-0.3, -0.25) is 4.98 Å². The van der Waals surface area contributed by atoms with E-state index in [1.54, 1.807) is 30.5 Å². The summed E-state index contributed by atoms with van der Waals surface area (Å²) in [5.74, 6) is 1.10. The Morgan fingerprint density at radius 2 is 1.88 bits per heavy atom. The summed E-state index contributed by atoms with van der Waals surface area (Å²) in [6, 6.07) is 14.1. The van der Waals surface area contributed by atoms with E-state index in [0.717, 1.165) is 0 Å². The molecule has 0 unspecified atom stereocenters. The maximum Gasteiger partial charge on any atom is 0.225 e. The minimum Gasteiger partial charge on any atom is -0.508 e. The number of aliphatic hydroxyl groups excluding tert-OH is 1. The lowest BCUT2D eigenvalue weighted by Gasteiger charge is -2.11. The number of aromatic nitrogens is 3. The second-order valence-corrected chi connectivity index (χ2v) is 5.00. The maximum absolute atomic E-state index is 9.57. The zero-order chi connectivity index (χ0) is 16.8. The minimum atomic E-state index is -0.0213. The number of hydrogen-bond donors (Lipinski definition) is 4. The van der Waals surface area contributed by atoms with Crippen LogP contribution in [0, 0.1) is 0 Å². The summed E-state index contributed by atoms with van der Waals surface area (Å²) < 4.78 is 0. The van der Waals surface area contributed by atoms with Gasteiger partial charge >= 0.3 is 0 Å². The van der Waals surface area contributed by atoms with Gasteiger partial charge in [0.2, 0.25) is 5.95 Å². The van der Waals surface area contributed by atoms with Crippen LogP contribution in [0.2, 0.25) is 0 Å². The van der Waals surface area contributed by atoms with Crippen LogP contribution >= 0.6 is 0 Å². The summed E-state index contributed by atoms with van der Waals surface area (Å²) in [7, 11) is 0. The van der Waals surface area contributed by atoms with Crippen LogP contribution in [0.1, 0.15) is 0 Å². The Morgan fingerprint density at radius 3 is 2.62 bits per heavy atom. The van der Waals surface area contributed by atoms with E-state index in [9.17, 15) is 5.11 Å². The molecule has 0 aliphatic heterocycles. The molecule has 0 saturated carbocycles. The molecule has 24 heavy (non-hydrogen) atoms. The molecule has 0 saturated heterocycles. The van der Waals surface area contributed by atoms with Crippen LogP contribution in [0.5, 0.6) is 5.75 Å². The van der Waals surface area contributed by atoms with Gasteiger partial charge in [0.05, 0.1) is 18.0 Å². The summed E-state index contributed by atoms with van der Waals surface area (Å²) in [6.45, 7) is 0.323. The first-order chi connectivity index (χ1) is 11.7. The third kappa shape index (κ3) is 3.96. The van der Waals surface area contributed by atoms with E-state index in [2.05, 4.69) is 25.6 Å². The fourth-order valence-electron chi connectivity index (χ4n) is 2.14. The number of phenolic OH excluding ortho intramolecular Hbond substituents is 1. The maximum atomic E-state index is 9.57. The van der Waals surface area contributed by atoms with Crippen molar-refractivity contribution in [2.75, 3.05) is 23.8 Å². The molecule has 0 radical (unpaired) electrons. The molecule has 0 aliphatic rings. The zero-order valence-corrected chi connectivity index (χ0v) is 12.8. The van der Waals surface area contributed by atoms with Gasteiger partial charge in [-0.05, 0) is 24.3 Å².